The molecule has 6 heteroatoms. The smallest absolute Gasteiger partial charge is 0.266 e. The highest BCUT2D eigenvalue weighted by Gasteiger charge is 2.11. The van der Waals surface area contributed by atoms with E-state index in [4.69, 9.17) is 4.74 Å². The summed E-state index contributed by atoms with van der Waals surface area (Å²) in [5, 5.41) is 21.9. The van der Waals surface area contributed by atoms with E-state index in [1.807, 2.05) is 36.4 Å². The number of carbonyl (C=O) groups is 1. The van der Waals surface area contributed by atoms with Crippen LogP contribution in [0.3, 0.4) is 0 Å². The average Bonchev–Trinajstić information content (AvgIpc) is 2.74. The van der Waals surface area contributed by atoms with Crippen molar-refractivity contribution in [2.24, 2.45) is 0 Å². The first kappa shape index (κ1) is 20.2. The molecular weight excluding hydrogens is 432 g/mol. The Morgan fingerprint density at radius 1 is 1.10 bits per heavy atom. The molecule has 144 valence electrons. The van der Waals surface area contributed by atoms with Crippen molar-refractivity contribution in [2.75, 3.05) is 5.32 Å². The van der Waals surface area contributed by atoms with Gasteiger partial charge in [-0.05, 0) is 54.1 Å². The second kappa shape index (κ2) is 9.58. The van der Waals surface area contributed by atoms with E-state index in [-0.39, 0.29) is 11.3 Å². The number of carbonyl (C=O) groups excluding carboxylic acids is 1. The third-order valence-corrected chi connectivity index (χ3v) is 4.51. The summed E-state index contributed by atoms with van der Waals surface area (Å²) in [5.74, 6) is 0.0838. The number of hydrogen-bond donors (Lipinski definition) is 2. The van der Waals surface area contributed by atoms with Crippen molar-refractivity contribution in [1.29, 1.82) is 5.26 Å². The lowest BCUT2D eigenvalue weighted by Gasteiger charge is -2.08. The Morgan fingerprint density at radius 3 is 2.52 bits per heavy atom. The standard InChI is InChI=1S/C23H17BrN2O3/c24-19-6-11-22(27)17(13-19)12-18(14-25)23(28)26-20-7-9-21(10-8-20)29-15-16-4-2-1-3-5-16/h1-13,27H,15H2,(H,26,28)/b18-12+. The van der Waals surface area contributed by atoms with Crippen LogP contribution in [0.15, 0.2) is 82.8 Å². The fraction of sp³-hybridized carbons (Fsp3) is 0.0435. The van der Waals surface area contributed by atoms with Gasteiger partial charge in [0.25, 0.3) is 5.91 Å². The molecule has 5 nitrogen and oxygen atoms in total. The third kappa shape index (κ3) is 5.71. The van der Waals surface area contributed by atoms with E-state index in [2.05, 4.69) is 21.2 Å². The second-order valence-electron chi connectivity index (χ2n) is 6.13. The van der Waals surface area contributed by atoms with E-state index in [1.54, 1.807) is 36.4 Å². The Labute approximate surface area is 177 Å². The number of hydrogen-bond acceptors (Lipinski definition) is 4. The number of benzene rings is 3. The maximum absolute atomic E-state index is 12.4. The minimum atomic E-state index is -0.565. The van der Waals surface area contributed by atoms with E-state index in [0.717, 1.165) is 10.0 Å². The van der Waals surface area contributed by atoms with Gasteiger partial charge < -0.3 is 15.2 Å². The molecule has 2 N–H and O–H groups in total. The van der Waals surface area contributed by atoms with Gasteiger partial charge in [0.05, 0.1) is 0 Å². The molecule has 0 bridgehead atoms. The Balaban J connectivity index is 1.65. The van der Waals surface area contributed by atoms with Crippen molar-refractivity contribution >= 4 is 33.6 Å². The average molecular weight is 449 g/mol. The number of anilines is 1. The molecule has 0 aliphatic heterocycles. The van der Waals surface area contributed by atoms with Gasteiger partial charge in [-0.3, -0.25) is 4.79 Å². The minimum absolute atomic E-state index is 0.0198. The summed E-state index contributed by atoms with van der Waals surface area (Å²) in [4.78, 5) is 12.4. The van der Waals surface area contributed by atoms with Crippen molar-refractivity contribution in [2.45, 2.75) is 6.61 Å². The van der Waals surface area contributed by atoms with Crippen LogP contribution in [0.2, 0.25) is 0 Å². The van der Waals surface area contributed by atoms with Gasteiger partial charge in [-0.1, -0.05) is 46.3 Å². The number of nitrogens with zero attached hydrogens (tertiary/aromatic N) is 1. The number of nitrogens with one attached hydrogen (secondary N) is 1. The van der Waals surface area contributed by atoms with Crippen LogP contribution in [0.1, 0.15) is 11.1 Å². The van der Waals surface area contributed by atoms with Gasteiger partial charge in [0, 0.05) is 15.7 Å². The predicted octanol–water partition coefficient (Wildman–Crippen LogP) is 5.28. The zero-order valence-electron chi connectivity index (χ0n) is 15.3. The quantitative estimate of drug-likeness (QED) is 0.396. The number of aromatic hydroxyl groups is 1. The summed E-state index contributed by atoms with van der Waals surface area (Å²) >= 11 is 3.30. The second-order valence-corrected chi connectivity index (χ2v) is 7.04. The van der Waals surface area contributed by atoms with Gasteiger partial charge in [-0.15, -0.1) is 0 Å². The summed E-state index contributed by atoms with van der Waals surface area (Å²) in [5.41, 5.74) is 1.84. The number of nitriles is 1. The van der Waals surface area contributed by atoms with Crippen molar-refractivity contribution in [3.63, 3.8) is 0 Å². The lowest BCUT2D eigenvalue weighted by molar-refractivity contribution is -0.112. The highest BCUT2D eigenvalue weighted by Crippen LogP contribution is 2.24. The summed E-state index contributed by atoms with van der Waals surface area (Å²) in [6.07, 6.45) is 1.34. The highest BCUT2D eigenvalue weighted by molar-refractivity contribution is 9.10. The Bertz CT molecular complexity index is 1070. The minimum Gasteiger partial charge on any atom is -0.507 e. The zero-order chi connectivity index (χ0) is 20.6. The number of ether oxygens (including phenoxy) is 1. The molecule has 0 atom stereocenters. The first-order valence-corrected chi connectivity index (χ1v) is 9.53. The number of amides is 1. The molecule has 0 aromatic heterocycles. The van der Waals surface area contributed by atoms with Gasteiger partial charge in [0.15, 0.2) is 0 Å². The molecule has 1 amide bonds. The van der Waals surface area contributed by atoms with E-state index >= 15 is 0 Å². The molecule has 3 aromatic carbocycles. The van der Waals surface area contributed by atoms with Crippen molar-refractivity contribution < 1.29 is 14.6 Å². The molecule has 0 aliphatic rings. The normalized spacial score (nSPS) is 10.8. The number of rotatable bonds is 6. The maximum atomic E-state index is 12.4. The van der Waals surface area contributed by atoms with Gasteiger partial charge in [-0.25, -0.2) is 0 Å². The van der Waals surface area contributed by atoms with Crippen LogP contribution < -0.4 is 10.1 Å². The highest BCUT2D eigenvalue weighted by atomic mass is 79.9. The predicted molar refractivity (Wildman–Crippen MR) is 115 cm³/mol. The van der Waals surface area contributed by atoms with E-state index in [0.29, 0.717) is 23.6 Å². The molecule has 3 rings (SSSR count). The molecule has 0 fully saturated rings. The summed E-state index contributed by atoms with van der Waals surface area (Å²) < 4.78 is 6.44. The monoisotopic (exact) mass is 448 g/mol. The van der Waals surface area contributed by atoms with Crippen LogP contribution >= 0.6 is 15.9 Å². The van der Waals surface area contributed by atoms with Crippen LogP contribution in [-0.2, 0) is 11.4 Å². The van der Waals surface area contributed by atoms with Crippen LogP contribution in [0, 0.1) is 11.3 Å². The van der Waals surface area contributed by atoms with E-state index < -0.39 is 5.91 Å². The third-order valence-electron chi connectivity index (χ3n) is 4.02. The number of phenolic OH excluding ortho intramolecular Hbond substituents is 1. The van der Waals surface area contributed by atoms with E-state index in [1.165, 1.54) is 12.1 Å². The molecule has 29 heavy (non-hydrogen) atoms. The molecular formula is C23H17BrN2O3. The maximum Gasteiger partial charge on any atom is 0.266 e. The number of halogens is 1. The van der Waals surface area contributed by atoms with Gasteiger partial charge in [0.2, 0.25) is 0 Å². The van der Waals surface area contributed by atoms with Gasteiger partial charge in [-0.2, -0.15) is 5.26 Å². The first-order chi connectivity index (χ1) is 14.0. The Hall–Kier alpha value is -3.56. The van der Waals surface area contributed by atoms with Gasteiger partial charge >= 0.3 is 0 Å². The number of phenols is 1. The van der Waals surface area contributed by atoms with Crippen LogP contribution in [0.5, 0.6) is 11.5 Å². The fourth-order valence-corrected chi connectivity index (χ4v) is 2.90. The molecule has 0 aliphatic carbocycles. The Morgan fingerprint density at radius 2 is 1.83 bits per heavy atom. The van der Waals surface area contributed by atoms with Crippen molar-refractivity contribution in [1.82, 2.24) is 0 Å². The first-order valence-electron chi connectivity index (χ1n) is 8.73. The lowest BCUT2D eigenvalue weighted by atomic mass is 10.1. The largest absolute Gasteiger partial charge is 0.507 e. The molecule has 3 aromatic rings. The Kier molecular flexibility index (Phi) is 6.67. The van der Waals surface area contributed by atoms with Crippen molar-refractivity contribution in [3.8, 4) is 17.6 Å². The molecule has 0 heterocycles. The van der Waals surface area contributed by atoms with Crippen molar-refractivity contribution in [3.05, 3.63) is 94.0 Å². The zero-order valence-corrected chi connectivity index (χ0v) is 16.9. The molecule has 0 saturated carbocycles. The molecule has 0 spiro atoms. The lowest BCUT2D eigenvalue weighted by Crippen LogP contribution is -2.13. The fourth-order valence-electron chi connectivity index (χ4n) is 2.52. The molecule has 0 saturated heterocycles. The summed E-state index contributed by atoms with van der Waals surface area (Å²) in [6.45, 7) is 0.448. The van der Waals surface area contributed by atoms with E-state index in [9.17, 15) is 15.2 Å². The van der Waals surface area contributed by atoms with Crippen LogP contribution in [0.4, 0.5) is 5.69 Å². The van der Waals surface area contributed by atoms with Crippen LogP contribution in [-0.4, -0.2) is 11.0 Å². The summed E-state index contributed by atoms with van der Waals surface area (Å²) in [7, 11) is 0. The SMILES string of the molecule is N#C/C(=C\c1cc(Br)ccc1O)C(=O)Nc1ccc(OCc2ccccc2)cc1. The molecule has 0 unspecified atom stereocenters. The molecule has 0 radical (unpaired) electrons. The summed E-state index contributed by atoms with van der Waals surface area (Å²) in [6, 6.07) is 23.3. The van der Waals surface area contributed by atoms with Crippen LogP contribution in [0.25, 0.3) is 6.08 Å². The van der Waals surface area contributed by atoms with Gasteiger partial charge in [0.1, 0.15) is 29.7 Å². The topological polar surface area (TPSA) is 82.3 Å².